The van der Waals surface area contributed by atoms with E-state index in [0.29, 0.717) is 13.1 Å². The molecule has 1 saturated heterocycles. The molecule has 1 aliphatic rings. The van der Waals surface area contributed by atoms with Crippen LogP contribution < -0.4 is 0 Å². The van der Waals surface area contributed by atoms with Gasteiger partial charge in [0.25, 0.3) is 5.69 Å². The molecule has 0 radical (unpaired) electrons. The second-order valence-electron chi connectivity index (χ2n) is 5.24. The van der Waals surface area contributed by atoms with Crippen molar-refractivity contribution in [2.24, 2.45) is 5.92 Å². The number of nitro groups is 1. The van der Waals surface area contributed by atoms with Crippen LogP contribution in [0.15, 0.2) is 24.3 Å². The summed E-state index contributed by atoms with van der Waals surface area (Å²) in [6.45, 7) is 4.20. The normalized spacial score (nSPS) is 20.7. The monoisotopic (exact) mass is 306 g/mol. The lowest BCUT2D eigenvalue weighted by atomic mass is 9.89. The van der Waals surface area contributed by atoms with Crippen molar-refractivity contribution in [1.29, 1.82) is 0 Å². The first-order valence-corrected chi connectivity index (χ1v) is 7.10. The van der Waals surface area contributed by atoms with Gasteiger partial charge in [-0.05, 0) is 12.5 Å². The van der Waals surface area contributed by atoms with Crippen molar-refractivity contribution < 1.29 is 19.2 Å². The predicted molar refractivity (Wildman–Crippen MR) is 78.2 cm³/mol. The zero-order valence-electron chi connectivity index (χ0n) is 12.5. The summed E-state index contributed by atoms with van der Waals surface area (Å²) in [6.07, 6.45) is 0. The van der Waals surface area contributed by atoms with Crippen molar-refractivity contribution >= 4 is 17.6 Å². The smallest absolute Gasteiger partial charge is 0.311 e. The topological polar surface area (TPSA) is 89.8 Å². The summed E-state index contributed by atoms with van der Waals surface area (Å²) in [7, 11) is 0. The molecule has 118 valence electrons. The molecule has 1 aromatic rings. The highest BCUT2D eigenvalue weighted by Crippen LogP contribution is 2.34. The third kappa shape index (κ3) is 3.24. The maximum absolute atomic E-state index is 12.1. The molecule has 22 heavy (non-hydrogen) atoms. The Labute approximate surface area is 128 Å². The van der Waals surface area contributed by atoms with Gasteiger partial charge in [0.1, 0.15) is 0 Å². The molecule has 0 aromatic heterocycles. The van der Waals surface area contributed by atoms with E-state index in [-0.39, 0.29) is 30.1 Å². The summed E-state index contributed by atoms with van der Waals surface area (Å²) in [5, 5.41) is 10.7. The minimum atomic E-state index is -0.469. The second-order valence-corrected chi connectivity index (χ2v) is 5.24. The number of ether oxygens (including phenoxy) is 1. The van der Waals surface area contributed by atoms with Gasteiger partial charge < -0.3 is 9.64 Å². The van der Waals surface area contributed by atoms with Crippen molar-refractivity contribution in [2.45, 2.75) is 19.8 Å². The Morgan fingerprint density at radius 3 is 2.45 bits per heavy atom. The Balaban J connectivity index is 2.26. The second kappa shape index (κ2) is 6.55. The summed E-state index contributed by atoms with van der Waals surface area (Å²) in [5.74, 6) is -1.08. The maximum atomic E-state index is 12.1. The molecule has 1 heterocycles. The standard InChI is InChI=1S/C15H18N2O5/c1-3-22-15(19)14-9-16(10(2)18)8-13(14)11-4-6-12(7-5-11)17(20)21/h4-7,13-14H,3,8-9H2,1-2H3. The minimum Gasteiger partial charge on any atom is -0.466 e. The number of hydrogen-bond donors (Lipinski definition) is 0. The summed E-state index contributed by atoms with van der Waals surface area (Å²) in [5.41, 5.74) is 0.797. The van der Waals surface area contributed by atoms with Gasteiger partial charge in [0.05, 0.1) is 17.4 Å². The van der Waals surface area contributed by atoms with E-state index in [2.05, 4.69) is 0 Å². The maximum Gasteiger partial charge on any atom is 0.311 e. The lowest BCUT2D eigenvalue weighted by Crippen LogP contribution is -2.28. The van der Waals surface area contributed by atoms with Gasteiger partial charge in [0.15, 0.2) is 0 Å². The number of esters is 1. The first kappa shape index (κ1) is 15.9. The van der Waals surface area contributed by atoms with Gasteiger partial charge in [0.2, 0.25) is 5.91 Å². The molecule has 7 heteroatoms. The number of non-ortho nitro benzene ring substituents is 1. The molecular formula is C15H18N2O5. The van der Waals surface area contributed by atoms with Crippen molar-refractivity contribution in [3.05, 3.63) is 39.9 Å². The van der Waals surface area contributed by atoms with Crippen molar-refractivity contribution in [2.75, 3.05) is 19.7 Å². The number of carbonyl (C=O) groups is 2. The molecule has 0 bridgehead atoms. The zero-order chi connectivity index (χ0) is 16.3. The van der Waals surface area contributed by atoms with Crippen LogP contribution in [0, 0.1) is 16.0 Å². The van der Waals surface area contributed by atoms with E-state index in [0.717, 1.165) is 5.56 Å². The van der Waals surface area contributed by atoms with Crippen LogP contribution in [0.1, 0.15) is 25.3 Å². The van der Waals surface area contributed by atoms with Crippen LogP contribution in [-0.4, -0.2) is 41.4 Å². The minimum absolute atomic E-state index is 0.00199. The van der Waals surface area contributed by atoms with Crippen molar-refractivity contribution in [3.63, 3.8) is 0 Å². The quantitative estimate of drug-likeness (QED) is 0.480. The number of benzene rings is 1. The Morgan fingerprint density at radius 1 is 1.32 bits per heavy atom. The molecule has 0 spiro atoms. The Bertz CT molecular complexity index is 584. The number of nitrogens with zero attached hydrogens (tertiary/aromatic N) is 2. The molecule has 1 fully saturated rings. The molecule has 0 N–H and O–H groups in total. The van der Waals surface area contributed by atoms with E-state index in [1.807, 2.05) is 0 Å². The largest absolute Gasteiger partial charge is 0.466 e. The van der Waals surface area contributed by atoms with Crippen LogP contribution in [-0.2, 0) is 14.3 Å². The molecule has 0 saturated carbocycles. The Hall–Kier alpha value is -2.44. The van der Waals surface area contributed by atoms with Gasteiger partial charge in [-0.25, -0.2) is 0 Å². The molecule has 0 aliphatic carbocycles. The highest BCUT2D eigenvalue weighted by molar-refractivity contribution is 5.79. The van der Waals surface area contributed by atoms with E-state index in [9.17, 15) is 19.7 Å². The summed E-state index contributed by atoms with van der Waals surface area (Å²) >= 11 is 0. The number of nitro benzene ring substituents is 1. The van der Waals surface area contributed by atoms with Crippen LogP contribution >= 0.6 is 0 Å². The van der Waals surface area contributed by atoms with E-state index in [1.165, 1.54) is 19.1 Å². The predicted octanol–water partition coefficient (Wildman–Crippen LogP) is 1.72. The molecule has 2 unspecified atom stereocenters. The first-order valence-electron chi connectivity index (χ1n) is 7.10. The number of hydrogen-bond acceptors (Lipinski definition) is 5. The van der Waals surface area contributed by atoms with Gasteiger partial charge in [-0.2, -0.15) is 0 Å². The molecule has 7 nitrogen and oxygen atoms in total. The highest BCUT2D eigenvalue weighted by Gasteiger charge is 2.40. The van der Waals surface area contributed by atoms with E-state index < -0.39 is 10.8 Å². The number of likely N-dealkylation sites (tertiary alicyclic amines) is 1. The van der Waals surface area contributed by atoms with Gasteiger partial charge in [0, 0.05) is 38.1 Å². The number of amides is 1. The molecule has 2 rings (SSSR count). The molecule has 2 atom stereocenters. The third-order valence-corrected chi connectivity index (χ3v) is 3.89. The summed E-state index contributed by atoms with van der Waals surface area (Å²) in [4.78, 5) is 35.5. The van der Waals surface area contributed by atoms with Crippen molar-refractivity contribution in [1.82, 2.24) is 4.90 Å². The molecule has 1 aromatic carbocycles. The third-order valence-electron chi connectivity index (χ3n) is 3.89. The van der Waals surface area contributed by atoms with E-state index in [1.54, 1.807) is 24.0 Å². The van der Waals surface area contributed by atoms with Gasteiger partial charge in [-0.15, -0.1) is 0 Å². The zero-order valence-corrected chi connectivity index (χ0v) is 12.5. The average Bonchev–Trinajstić information content (AvgIpc) is 2.93. The van der Waals surface area contributed by atoms with Crippen LogP contribution in [0.25, 0.3) is 0 Å². The Kier molecular flexibility index (Phi) is 4.75. The number of carbonyl (C=O) groups excluding carboxylic acids is 2. The fourth-order valence-electron chi connectivity index (χ4n) is 2.73. The van der Waals surface area contributed by atoms with Crippen LogP contribution in [0.5, 0.6) is 0 Å². The molecule has 1 aliphatic heterocycles. The van der Waals surface area contributed by atoms with Gasteiger partial charge in [-0.3, -0.25) is 19.7 Å². The number of rotatable bonds is 4. The van der Waals surface area contributed by atoms with Gasteiger partial charge >= 0.3 is 5.97 Å². The summed E-state index contributed by atoms with van der Waals surface area (Å²) < 4.78 is 5.08. The van der Waals surface area contributed by atoms with Crippen molar-refractivity contribution in [3.8, 4) is 0 Å². The SMILES string of the molecule is CCOC(=O)C1CN(C(C)=O)CC1c1ccc([N+](=O)[O-])cc1. The Morgan fingerprint density at radius 2 is 1.95 bits per heavy atom. The van der Waals surface area contributed by atoms with E-state index >= 15 is 0 Å². The fourth-order valence-corrected chi connectivity index (χ4v) is 2.73. The van der Waals surface area contributed by atoms with Gasteiger partial charge in [-0.1, -0.05) is 12.1 Å². The van der Waals surface area contributed by atoms with Crippen LogP contribution in [0.4, 0.5) is 5.69 Å². The van der Waals surface area contributed by atoms with Crippen LogP contribution in [0.2, 0.25) is 0 Å². The van der Waals surface area contributed by atoms with Crippen LogP contribution in [0.3, 0.4) is 0 Å². The molecule has 1 amide bonds. The molecular weight excluding hydrogens is 288 g/mol. The first-order chi connectivity index (χ1) is 10.4. The lowest BCUT2D eigenvalue weighted by molar-refractivity contribution is -0.384. The summed E-state index contributed by atoms with van der Waals surface area (Å²) in [6, 6.07) is 6.10. The lowest BCUT2D eigenvalue weighted by Gasteiger charge is -2.16. The van der Waals surface area contributed by atoms with E-state index in [4.69, 9.17) is 4.74 Å². The highest BCUT2D eigenvalue weighted by atomic mass is 16.6. The average molecular weight is 306 g/mol. The fraction of sp³-hybridized carbons (Fsp3) is 0.467.